The molecule has 1 aromatic carbocycles. The first kappa shape index (κ1) is 17.1. The second-order valence-corrected chi connectivity index (χ2v) is 6.32. The lowest BCUT2D eigenvalue weighted by Gasteiger charge is -2.26. The lowest BCUT2D eigenvalue weighted by Crippen LogP contribution is -2.42. The quantitative estimate of drug-likeness (QED) is 0.914. The second-order valence-electron chi connectivity index (χ2n) is 5.92. The monoisotopic (exact) mass is 324 g/mol. The van der Waals surface area contributed by atoms with Gasteiger partial charge < -0.3 is 10.1 Å². The highest BCUT2D eigenvalue weighted by molar-refractivity contribution is 6.31. The smallest absolute Gasteiger partial charge is 0.241 e. The molecule has 22 heavy (non-hydrogen) atoms. The van der Waals surface area contributed by atoms with E-state index in [4.69, 9.17) is 16.3 Å². The number of amides is 1. The van der Waals surface area contributed by atoms with Crippen LogP contribution in [0.1, 0.15) is 38.2 Å². The zero-order chi connectivity index (χ0) is 16.1. The molecular formula is C17H25ClN2O2. The van der Waals surface area contributed by atoms with Crippen LogP contribution in [0, 0.1) is 6.92 Å². The van der Waals surface area contributed by atoms with Crippen LogP contribution in [-0.2, 0) is 4.79 Å². The van der Waals surface area contributed by atoms with E-state index in [9.17, 15) is 4.79 Å². The van der Waals surface area contributed by atoms with Gasteiger partial charge in [-0.05, 0) is 51.4 Å². The molecule has 0 saturated carbocycles. The van der Waals surface area contributed by atoms with E-state index in [1.54, 1.807) is 13.2 Å². The first-order chi connectivity index (χ1) is 10.5. The van der Waals surface area contributed by atoms with Gasteiger partial charge in [0.1, 0.15) is 5.75 Å². The summed E-state index contributed by atoms with van der Waals surface area (Å²) in [5.74, 6) is 0.592. The Hall–Kier alpha value is -1.26. The van der Waals surface area contributed by atoms with Crippen LogP contribution >= 0.6 is 11.6 Å². The van der Waals surface area contributed by atoms with E-state index in [2.05, 4.69) is 10.2 Å². The van der Waals surface area contributed by atoms with Crippen molar-refractivity contribution in [2.45, 2.75) is 45.6 Å². The van der Waals surface area contributed by atoms with Crippen molar-refractivity contribution >= 4 is 23.2 Å². The molecule has 0 unspecified atom stereocenters. The van der Waals surface area contributed by atoms with E-state index in [-0.39, 0.29) is 11.9 Å². The van der Waals surface area contributed by atoms with Gasteiger partial charge in [0, 0.05) is 11.1 Å². The predicted octanol–water partition coefficient (Wildman–Crippen LogP) is 3.86. The number of methoxy groups -OCH3 is 1. The second kappa shape index (κ2) is 7.84. The summed E-state index contributed by atoms with van der Waals surface area (Å²) in [6.45, 7) is 5.86. The number of carbonyl (C=O) groups excluding carboxylic acids is 1. The molecule has 1 N–H and O–H groups in total. The largest absolute Gasteiger partial charge is 0.495 e. The van der Waals surface area contributed by atoms with Crippen molar-refractivity contribution in [1.29, 1.82) is 0 Å². The number of nitrogens with one attached hydrogen (secondary N) is 1. The van der Waals surface area contributed by atoms with Crippen LogP contribution in [-0.4, -0.2) is 37.0 Å². The molecule has 1 heterocycles. The lowest BCUT2D eigenvalue weighted by atomic mass is 10.2. The van der Waals surface area contributed by atoms with Gasteiger partial charge in [0.05, 0.1) is 18.8 Å². The summed E-state index contributed by atoms with van der Waals surface area (Å²) in [6.07, 6.45) is 4.85. The van der Waals surface area contributed by atoms with Crippen LogP contribution in [0.5, 0.6) is 5.75 Å². The summed E-state index contributed by atoms with van der Waals surface area (Å²) in [4.78, 5) is 14.8. The zero-order valence-corrected chi connectivity index (χ0v) is 14.4. The third-order valence-electron chi connectivity index (χ3n) is 4.31. The number of halogens is 1. The summed E-state index contributed by atoms with van der Waals surface area (Å²) in [5.41, 5.74) is 1.59. The van der Waals surface area contributed by atoms with Crippen LogP contribution < -0.4 is 10.1 Å². The Bertz CT molecular complexity index is 526. The number of hydrogen-bond donors (Lipinski definition) is 1. The Morgan fingerprint density at radius 2 is 1.91 bits per heavy atom. The van der Waals surface area contributed by atoms with E-state index < -0.39 is 0 Å². The summed E-state index contributed by atoms with van der Waals surface area (Å²) < 4.78 is 5.31. The maximum atomic E-state index is 12.5. The molecule has 0 bridgehead atoms. The van der Waals surface area contributed by atoms with Gasteiger partial charge in [-0.2, -0.15) is 0 Å². The van der Waals surface area contributed by atoms with Crippen LogP contribution in [0.15, 0.2) is 12.1 Å². The van der Waals surface area contributed by atoms with E-state index in [1.807, 2.05) is 19.9 Å². The van der Waals surface area contributed by atoms with Crippen molar-refractivity contribution in [2.75, 3.05) is 25.5 Å². The Morgan fingerprint density at radius 1 is 1.27 bits per heavy atom. The zero-order valence-electron chi connectivity index (χ0n) is 13.6. The molecule has 0 radical (unpaired) electrons. The Kier molecular flexibility index (Phi) is 6.09. The number of anilines is 1. The summed E-state index contributed by atoms with van der Waals surface area (Å²) in [7, 11) is 1.58. The van der Waals surface area contributed by atoms with Gasteiger partial charge in [0.2, 0.25) is 5.91 Å². The highest BCUT2D eigenvalue weighted by Gasteiger charge is 2.23. The summed E-state index contributed by atoms with van der Waals surface area (Å²) >= 11 is 6.10. The number of carbonyl (C=O) groups is 1. The number of ether oxygens (including phenoxy) is 1. The molecule has 0 spiro atoms. The van der Waals surface area contributed by atoms with E-state index in [0.29, 0.717) is 16.5 Å². The minimum Gasteiger partial charge on any atom is -0.495 e. The Morgan fingerprint density at radius 3 is 2.50 bits per heavy atom. The number of aryl methyl sites for hydroxylation is 1. The molecule has 2 rings (SSSR count). The number of hydrogen-bond acceptors (Lipinski definition) is 3. The van der Waals surface area contributed by atoms with Gasteiger partial charge in [-0.25, -0.2) is 0 Å². The van der Waals surface area contributed by atoms with Crippen molar-refractivity contribution in [3.05, 3.63) is 22.7 Å². The molecule has 1 atom stereocenters. The van der Waals surface area contributed by atoms with Crippen LogP contribution in [0.4, 0.5) is 5.69 Å². The fourth-order valence-corrected chi connectivity index (χ4v) is 2.97. The molecular weight excluding hydrogens is 300 g/mol. The molecule has 4 nitrogen and oxygen atoms in total. The minimum atomic E-state index is -0.140. The molecule has 0 aliphatic carbocycles. The fraction of sp³-hybridized carbons (Fsp3) is 0.588. The van der Waals surface area contributed by atoms with Gasteiger partial charge in [-0.1, -0.05) is 24.4 Å². The molecule has 1 aliphatic heterocycles. The fourth-order valence-electron chi connectivity index (χ4n) is 2.82. The topological polar surface area (TPSA) is 41.6 Å². The highest BCUT2D eigenvalue weighted by atomic mass is 35.5. The molecule has 0 aromatic heterocycles. The first-order valence-corrected chi connectivity index (χ1v) is 8.29. The average Bonchev–Trinajstić information content (AvgIpc) is 2.79. The Balaban J connectivity index is 2.09. The van der Waals surface area contributed by atoms with Crippen molar-refractivity contribution in [1.82, 2.24) is 4.90 Å². The number of likely N-dealkylation sites (tertiary alicyclic amines) is 1. The molecule has 122 valence electrons. The molecule has 1 saturated heterocycles. The van der Waals surface area contributed by atoms with Crippen molar-refractivity contribution in [2.24, 2.45) is 0 Å². The summed E-state index contributed by atoms with van der Waals surface area (Å²) in [5, 5.41) is 3.62. The van der Waals surface area contributed by atoms with Gasteiger partial charge in [0.25, 0.3) is 0 Å². The maximum Gasteiger partial charge on any atom is 0.241 e. The van der Waals surface area contributed by atoms with Crippen molar-refractivity contribution in [3.8, 4) is 5.75 Å². The minimum absolute atomic E-state index is 0.00178. The Labute approximate surface area is 137 Å². The van der Waals surface area contributed by atoms with Gasteiger partial charge in [-0.15, -0.1) is 0 Å². The van der Waals surface area contributed by atoms with Gasteiger partial charge in [0.15, 0.2) is 0 Å². The van der Waals surface area contributed by atoms with Gasteiger partial charge in [-0.3, -0.25) is 9.69 Å². The average molecular weight is 325 g/mol. The number of rotatable bonds is 4. The van der Waals surface area contributed by atoms with E-state index >= 15 is 0 Å². The van der Waals surface area contributed by atoms with Crippen LogP contribution in [0.2, 0.25) is 5.02 Å². The van der Waals surface area contributed by atoms with Crippen LogP contribution in [0.3, 0.4) is 0 Å². The van der Waals surface area contributed by atoms with Crippen molar-refractivity contribution in [3.63, 3.8) is 0 Å². The first-order valence-electron chi connectivity index (χ1n) is 7.92. The third-order valence-corrected chi connectivity index (χ3v) is 4.71. The SMILES string of the molecule is COc1cc(Cl)c(C)cc1NC(=O)[C@@H](C)N1CCCCCC1. The van der Waals surface area contributed by atoms with Crippen molar-refractivity contribution < 1.29 is 9.53 Å². The summed E-state index contributed by atoms with van der Waals surface area (Å²) in [6, 6.07) is 3.45. The number of nitrogens with zero attached hydrogens (tertiary/aromatic N) is 1. The molecule has 1 aromatic rings. The molecule has 1 fully saturated rings. The van der Waals surface area contributed by atoms with E-state index in [0.717, 1.165) is 18.7 Å². The molecule has 1 amide bonds. The highest BCUT2D eigenvalue weighted by Crippen LogP contribution is 2.31. The molecule has 5 heteroatoms. The number of benzene rings is 1. The van der Waals surface area contributed by atoms with E-state index in [1.165, 1.54) is 25.7 Å². The standard InChI is InChI=1S/C17H25ClN2O2/c1-12-10-15(16(22-3)11-14(12)18)19-17(21)13(2)20-8-6-4-5-7-9-20/h10-11,13H,4-9H2,1-3H3,(H,19,21)/t13-/m1/s1. The third kappa shape index (κ3) is 4.14. The molecule has 1 aliphatic rings. The lowest BCUT2D eigenvalue weighted by molar-refractivity contribution is -0.120. The van der Waals surface area contributed by atoms with Crippen LogP contribution in [0.25, 0.3) is 0 Å². The maximum absolute atomic E-state index is 12.5. The predicted molar refractivity (Wildman–Crippen MR) is 90.9 cm³/mol. The van der Waals surface area contributed by atoms with Gasteiger partial charge >= 0.3 is 0 Å². The normalized spacial score (nSPS) is 17.6.